The first-order valence-corrected chi connectivity index (χ1v) is 7.06. The molecule has 3 heteroatoms. The molecule has 0 saturated carbocycles. The predicted octanol–water partition coefficient (Wildman–Crippen LogP) is 5.09. The quantitative estimate of drug-likeness (QED) is 0.509. The molecule has 0 bridgehead atoms. The Morgan fingerprint density at radius 1 is 1.33 bits per heavy atom. The van der Waals surface area contributed by atoms with Crippen molar-refractivity contribution in [1.29, 1.82) is 0 Å². The lowest BCUT2D eigenvalue weighted by molar-refractivity contribution is 0.552. The number of rotatable bonds is 6. The first-order valence-electron chi connectivity index (χ1n) is 5.16. The van der Waals surface area contributed by atoms with Crippen molar-refractivity contribution in [3.05, 3.63) is 29.3 Å². The fourth-order valence-corrected chi connectivity index (χ4v) is 3.03. The second kappa shape index (κ2) is 7.43. The topological polar surface area (TPSA) is 0 Å². The van der Waals surface area contributed by atoms with Gasteiger partial charge in [-0.15, -0.1) is 23.4 Å². The van der Waals surface area contributed by atoms with Crippen LogP contribution < -0.4 is 0 Å². The average molecular weight is 263 g/mol. The van der Waals surface area contributed by atoms with E-state index in [1.807, 2.05) is 30.0 Å². The minimum absolute atomic E-state index is 0.717. The van der Waals surface area contributed by atoms with E-state index in [1.54, 1.807) is 0 Å². The Bertz CT molecular complexity index is 289. The van der Waals surface area contributed by atoms with Gasteiger partial charge >= 0.3 is 0 Å². The van der Waals surface area contributed by atoms with Crippen LogP contribution in [0.3, 0.4) is 0 Å². The molecule has 84 valence electrons. The van der Waals surface area contributed by atoms with E-state index >= 15 is 0 Å². The fourth-order valence-electron chi connectivity index (χ4n) is 1.27. The van der Waals surface area contributed by atoms with Crippen LogP contribution in [0.1, 0.15) is 19.8 Å². The highest BCUT2D eigenvalue weighted by molar-refractivity contribution is 7.99. The Labute approximate surface area is 106 Å². The van der Waals surface area contributed by atoms with Crippen molar-refractivity contribution in [3.8, 4) is 0 Å². The van der Waals surface area contributed by atoms with Crippen molar-refractivity contribution in [2.45, 2.75) is 24.7 Å². The molecule has 0 fully saturated rings. The molecule has 0 N–H and O–H groups in total. The van der Waals surface area contributed by atoms with Gasteiger partial charge in [0.1, 0.15) is 0 Å². The Balaban J connectivity index is 2.25. The number of thioether (sulfide) groups is 1. The second-order valence-electron chi connectivity index (χ2n) is 3.68. The summed E-state index contributed by atoms with van der Waals surface area (Å²) in [6.45, 7) is 2.25. The molecule has 1 aromatic rings. The monoisotopic (exact) mass is 262 g/mol. The van der Waals surface area contributed by atoms with Crippen molar-refractivity contribution in [3.63, 3.8) is 0 Å². The molecule has 0 aliphatic heterocycles. The largest absolute Gasteiger partial charge is 0.127 e. The summed E-state index contributed by atoms with van der Waals surface area (Å²) in [6, 6.07) is 8.01. The summed E-state index contributed by atoms with van der Waals surface area (Å²) < 4.78 is 0. The number of benzene rings is 1. The van der Waals surface area contributed by atoms with Gasteiger partial charge < -0.3 is 0 Å². The molecule has 1 aromatic carbocycles. The number of halogens is 2. The van der Waals surface area contributed by atoms with E-state index in [0.717, 1.165) is 23.1 Å². The van der Waals surface area contributed by atoms with Crippen LogP contribution in [0.25, 0.3) is 0 Å². The van der Waals surface area contributed by atoms with Crippen LogP contribution in [0.2, 0.25) is 5.02 Å². The minimum atomic E-state index is 0.717. The zero-order chi connectivity index (χ0) is 11.1. The first-order chi connectivity index (χ1) is 7.22. The molecule has 0 nitrogen and oxygen atoms in total. The van der Waals surface area contributed by atoms with E-state index in [9.17, 15) is 0 Å². The molecule has 0 spiro atoms. The lowest BCUT2D eigenvalue weighted by Gasteiger charge is -2.08. The molecule has 0 heterocycles. The maximum absolute atomic E-state index is 5.91. The molecule has 0 aliphatic rings. The normalized spacial score (nSPS) is 12.7. The smallest absolute Gasteiger partial charge is 0.0417 e. The molecule has 1 rings (SSSR count). The molecule has 1 unspecified atom stereocenters. The molecule has 0 saturated heterocycles. The minimum Gasteiger partial charge on any atom is -0.127 e. The average Bonchev–Trinajstić information content (AvgIpc) is 2.18. The highest BCUT2D eigenvalue weighted by atomic mass is 35.5. The molecule has 1 atom stereocenters. The van der Waals surface area contributed by atoms with E-state index in [1.165, 1.54) is 11.3 Å². The van der Waals surface area contributed by atoms with Crippen molar-refractivity contribution in [2.24, 2.45) is 5.92 Å². The van der Waals surface area contributed by atoms with Crippen LogP contribution in [0.5, 0.6) is 0 Å². The maximum Gasteiger partial charge on any atom is 0.0417 e. The first kappa shape index (κ1) is 13.2. The molecule has 15 heavy (non-hydrogen) atoms. The van der Waals surface area contributed by atoms with Gasteiger partial charge in [-0.05, 0) is 42.7 Å². The van der Waals surface area contributed by atoms with Gasteiger partial charge in [-0.1, -0.05) is 24.6 Å². The zero-order valence-electron chi connectivity index (χ0n) is 8.88. The van der Waals surface area contributed by atoms with Crippen molar-refractivity contribution in [2.75, 3.05) is 11.6 Å². The third-order valence-corrected chi connectivity index (χ3v) is 3.76. The number of hydrogen-bond donors (Lipinski definition) is 0. The summed E-state index contributed by atoms with van der Waals surface area (Å²) >= 11 is 13.5. The van der Waals surface area contributed by atoms with Gasteiger partial charge in [0.05, 0.1) is 0 Å². The van der Waals surface area contributed by atoms with Crippen molar-refractivity contribution >= 4 is 35.0 Å². The molecule has 0 amide bonds. The number of hydrogen-bond acceptors (Lipinski definition) is 1. The highest BCUT2D eigenvalue weighted by Crippen LogP contribution is 2.23. The van der Waals surface area contributed by atoms with Crippen molar-refractivity contribution in [1.82, 2.24) is 0 Å². The van der Waals surface area contributed by atoms with Crippen LogP contribution in [0, 0.1) is 5.92 Å². The summed E-state index contributed by atoms with van der Waals surface area (Å²) in [5, 5.41) is 0.814. The SMILES string of the molecule is CC(CCCl)CCSc1cccc(Cl)c1. The van der Waals surface area contributed by atoms with Crippen LogP contribution in [-0.4, -0.2) is 11.6 Å². The van der Waals surface area contributed by atoms with Crippen LogP contribution >= 0.6 is 35.0 Å². The molecule has 0 aromatic heterocycles. The molecular formula is C12H16Cl2S. The number of alkyl halides is 1. The second-order valence-corrected chi connectivity index (χ2v) is 5.66. The lowest BCUT2D eigenvalue weighted by Crippen LogP contribution is -1.97. The molecular weight excluding hydrogens is 247 g/mol. The summed E-state index contributed by atoms with van der Waals surface area (Å²) in [4.78, 5) is 1.25. The summed E-state index contributed by atoms with van der Waals surface area (Å²) in [5.41, 5.74) is 0. The summed E-state index contributed by atoms with van der Waals surface area (Å²) in [5.74, 6) is 2.62. The lowest BCUT2D eigenvalue weighted by atomic mass is 10.1. The maximum atomic E-state index is 5.91. The zero-order valence-corrected chi connectivity index (χ0v) is 11.2. The van der Waals surface area contributed by atoms with E-state index in [-0.39, 0.29) is 0 Å². The molecule has 0 radical (unpaired) electrons. The van der Waals surface area contributed by atoms with Crippen molar-refractivity contribution < 1.29 is 0 Å². The Morgan fingerprint density at radius 2 is 2.13 bits per heavy atom. The van der Waals surface area contributed by atoms with E-state index in [4.69, 9.17) is 23.2 Å². The van der Waals surface area contributed by atoms with Gasteiger partial charge in [-0.25, -0.2) is 0 Å². The van der Waals surface area contributed by atoms with Gasteiger partial charge in [0.15, 0.2) is 0 Å². The fraction of sp³-hybridized carbons (Fsp3) is 0.500. The van der Waals surface area contributed by atoms with Gasteiger partial charge in [0.2, 0.25) is 0 Å². The van der Waals surface area contributed by atoms with E-state index in [2.05, 4.69) is 13.0 Å². The van der Waals surface area contributed by atoms with Crippen LogP contribution in [-0.2, 0) is 0 Å². The van der Waals surface area contributed by atoms with Gasteiger partial charge in [0.25, 0.3) is 0 Å². The molecule has 0 aliphatic carbocycles. The van der Waals surface area contributed by atoms with Gasteiger partial charge in [-0.2, -0.15) is 0 Å². The summed E-state index contributed by atoms with van der Waals surface area (Å²) in [7, 11) is 0. The van der Waals surface area contributed by atoms with E-state index in [0.29, 0.717) is 5.92 Å². The van der Waals surface area contributed by atoms with Gasteiger partial charge in [0, 0.05) is 15.8 Å². The highest BCUT2D eigenvalue weighted by Gasteiger charge is 2.01. The third-order valence-electron chi connectivity index (χ3n) is 2.28. The van der Waals surface area contributed by atoms with Crippen LogP contribution in [0.15, 0.2) is 29.2 Å². The summed E-state index contributed by atoms with van der Waals surface area (Å²) in [6.07, 6.45) is 2.32. The van der Waals surface area contributed by atoms with Gasteiger partial charge in [-0.3, -0.25) is 0 Å². The predicted molar refractivity (Wildman–Crippen MR) is 71.3 cm³/mol. The third kappa shape index (κ3) is 5.70. The van der Waals surface area contributed by atoms with Crippen LogP contribution in [0.4, 0.5) is 0 Å². The Kier molecular flexibility index (Phi) is 6.54. The Morgan fingerprint density at radius 3 is 2.80 bits per heavy atom. The standard InChI is InChI=1S/C12H16Cl2S/c1-10(5-7-13)6-8-15-12-4-2-3-11(14)9-12/h2-4,9-10H,5-8H2,1H3. The Hall–Kier alpha value is 0.150. The van der Waals surface area contributed by atoms with E-state index < -0.39 is 0 Å².